The van der Waals surface area contributed by atoms with Gasteiger partial charge in [0.05, 0.1) is 11.4 Å². The van der Waals surface area contributed by atoms with E-state index in [1.807, 2.05) is 0 Å². The Morgan fingerprint density at radius 1 is 0.490 bits per heavy atom. The molecule has 0 amide bonds. The molecule has 0 saturated carbocycles. The largest absolute Gasteiger partial charge is 0.310 e. The van der Waals surface area contributed by atoms with Crippen LogP contribution >= 0.6 is 0 Å². The maximum atomic E-state index is 2.59. The summed E-state index contributed by atoms with van der Waals surface area (Å²) in [6, 6.07) is 56.0. The van der Waals surface area contributed by atoms with Crippen LogP contribution in [0.25, 0.3) is 32.3 Å². The summed E-state index contributed by atoms with van der Waals surface area (Å²) < 4.78 is 0. The second-order valence-corrected chi connectivity index (χ2v) is 15.2. The van der Waals surface area contributed by atoms with Crippen molar-refractivity contribution in [2.24, 2.45) is 0 Å². The molecule has 250 valence electrons. The summed E-state index contributed by atoms with van der Waals surface area (Å²) >= 11 is 0. The molecule has 0 heterocycles. The molecular formula is C49H44N2. The van der Waals surface area contributed by atoms with Crippen LogP contribution in [0.1, 0.15) is 63.1 Å². The van der Waals surface area contributed by atoms with Crippen LogP contribution in [0, 0.1) is 0 Å². The highest BCUT2D eigenvalue weighted by Crippen LogP contribution is 2.53. The summed E-state index contributed by atoms with van der Waals surface area (Å²) in [5.41, 5.74) is 11.5. The van der Waals surface area contributed by atoms with Gasteiger partial charge in [-0.2, -0.15) is 0 Å². The summed E-state index contributed by atoms with van der Waals surface area (Å²) in [4.78, 5) is 4.96. The molecule has 8 aromatic carbocycles. The van der Waals surface area contributed by atoms with Crippen LogP contribution < -0.4 is 9.80 Å². The number of para-hydroxylation sites is 4. The van der Waals surface area contributed by atoms with Crippen LogP contribution in [-0.4, -0.2) is 0 Å². The van der Waals surface area contributed by atoms with Gasteiger partial charge in [0.15, 0.2) is 0 Å². The van der Waals surface area contributed by atoms with Crippen molar-refractivity contribution < 1.29 is 0 Å². The zero-order valence-corrected chi connectivity index (χ0v) is 30.0. The van der Waals surface area contributed by atoms with E-state index in [1.165, 1.54) is 83.1 Å². The van der Waals surface area contributed by atoms with Gasteiger partial charge in [-0.15, -0.1) is 0 Å². The van der Waals surface area contributed by atoms with Crippen molar-refractivity contribution in [1.82, 2.24) is 0 Å². The van der Waals surface area contributed by atoms with E-state index in [-0.39, 0.29) is 5.41 Å². The summed E-state index contributed by atoms with van der Waals surface area (Å²) in [7, 11) is 0. The summed E-state index contributed by atoms with van der Waals surface area (Å²) in [5.74, 6) is 0.345. The number of hydrogen-bond donors (Lipinski definition) is 0. The Balaban J connectivity index is 1.48. The van der Waals surface area contributed by atoms with Gasteiger partial charge in [-0.3, -0.25) is 0 Å². The van der Waals surface area contributed by atoms with Gasteiger partial charge in [-0.25, -0.2) is 0 Å². The maximum Gasteiger partial charge on any atom is 0.0543 e. The smallest absolute Gasteiger partial charge is 0.0543 e. The Labute approximate surface area is 301 Å². The van der Waals surface area contributed by atoms with Crippen molar-refractivity contribution in [2.45, 2.75) is 58.3 Å². The Bertz CT molecular complexity index is 2400. The van der Waals surface area contributed by atoms with Crippen LogP contribution in [0.4, 0.5) is 34.1 Å². The Morgan fingerprint density at radius 3 is 1.45 bits per heavy atom. The number of nitrogens with zero attached hydrogens (tertiary/aromatic N) is 2. The third-order valence-electron chi connectivity index (χ3n) is 11.2. The highest BCUT2D eigenvalue weighted by molar-refractivity contribution is 6.30. The second kappa shape index (κ2) is 12.3. The molecule has 0 bridgehead atoms. The van der Waals surface area contributed by atoms with Crippen LogP contribution in [0.3, 0.4) is 0 Å². The molecule has 8 aromatic rings. The lowest BCUT2D eigenvalue weighted by Gasteiger charge is -2.33. The Hall–Kier alpha value is -5.60. The van der Waals surface area contributed by atoms with Gasteiger partial charge in [0.1, 0.15) is 0 Å². The minimum atomic E-state index is 0.0242. The first-order valence-electron chi connectivity index (χ1n) is 18.5. The van der Waals surface area contributed by atoms with E-state index in [1.54, 1.807) is 0 Å². The molecule has 0 radical (unpaired) electrons. The highest BCUT2D eigenvalue weighted by atomic mass is 15.1. The van der Waals surface area contributed by atoms with E-state index in [9.17, 15) is 0 Å². The molecule has 0 aromatic heterocycles. The fraction of sp³-hybridized carbons (Fsp3) is 0.184. The van der Waals surface area contributed by atoms with Crippen LogP contribution in [0.5, 0.6) is 0 Å². The van der Waals surface area contributed by atoms with E-state index in [2.05, 4.69) is 189 Å². The van der Waals surface area contributed by atoms with Gasteiger partial charge in [0.25, 0.3) is 0 Å². The molecule has 2 heteroatoms. The lowest BCUT2D eigenvalue weighted by Crippen LogP contribution is -2.17. The molecule has 2 nitrogen and oxygen atoms in total. The van der Waals surface area contributed by atoms with Crippen molar-refractivity contribution >= 4 is 66.4 Å². The molecule has 1 aliphatic rings. The molecule has 9 rings (SSSR count). The zero-order valence-electron chi connectivity index (χ0n) is 30.0. The summed E-state index contributed by atoms with van der Waals surface area (Å²) in [6.45, 7) is 9.62. The number of anilines is 6. The van der Waals surface area contributed by atoms with Crippen molar-refractivity contribution in [3.05, 3.63) is 168 Å². The third kappa shape index (κ3) is 5.16. The highest BCUT2D eigenvalue weighted by Gasteiger charge is 2.32. The Morgan fingerprint density at radius 2 is 0.961 bits per heavy atom. The molecule has 0 fully saturated rings. The molecule has 51 heavy (non-hydrogen) atoms. The normalized spacial score (nSPS) is 14.0. The van der Waals surface area contributed by atoms with Crippen LogP contribution in [-0.2, 0) is 11.8 Å². The van der Waals surface area contributed by atoms with Gasteiger partial charge >= 0.3 is 0 Å². The second-order valence-electron chi connectivity index (χ2n) is 15.2. The van der Waals surface area contributed by atoms with E-state index >= 15 is 0 Å². The van der Waals surface area contributed by atoms with E-state index in [0.29, 0.717) is 5.92 Å². The standard InChI is InChI=1S/C49H44N2/c1-33(2)41-32-45(51(37-23-13-7-14-24-37)38-25-15-8-16-26-38)42-31-43-46-34(18-17-29-49(43,3)4)30-44(40-28-27-39(41)47(42)48(40)46)50(35-19-9-5-10-20-35)36-21-11-6-12-22-36/h5-16,19-28,30-33H,17-18,29H2,1-4H3. The van der Waals surface area contributed by atoms with E-state index in [0.717, 1.165) is 19.3 Å². The van der Waals surface area contributed by atoms with Gasteiger partial charge in [-0.05, 0) is 130 Å². The SMILES string of the molecule is CC(C)c1cc(N(c2ccccc2)c2ccccc2)c2cc3c4c(cc(N(c5ccccc5)c5ccccc5)c5ccc1c2c54)CCCC3(C)C. The molecule has 0 atom stereocenters. The van der Waals surface area contributed by atoms with Gasteiger partial charge < -0.3 is 9.80 Å². The van der Waals surface area contributed by atoms with Crippen LogP contribution in [0.2, 0.25) is 0 Å². The Kier molecular flexibility index (Phi) is 7.58. The molecule has 1 aliphatic carbocycles. The fourth-order valence-corrected chi connectivity index (χ4v) is 8.77. The number of aryl methyl sites for hydroxylation is 1. The van der Waals surface area contributed by atoms with E-state index in [4.69, 9.17) is 0 Å². The average molecular weight is 661 g/mol. The number of rotatable bonds is 7. The lowest BCUT2D eigenvalue weighted by atomic mass is 9.76. The first-order valence-corrected chi connectivity index (χ1v) is 18.5. The van der Waals surface area contributed by atoms with Crippen molar-refractivity contribution in [3.8, 4) is 0 Å². The van der Waals surface area contributed by atoms with Gasteiger partial charge in [-0.1, -0.05) is 113 Å². The fourth-order valence-electron chi connectivity index (χ4n) is 8.77. The molecule has 0 saturated heterocycles. The molecule has 0 spiro atoms. The first-order chi connectivity index (χ1) is 24.9. The molecule has 0 unspecified atom stereocenters. The summed E-state index contributed by atoms with van der Waals surface area (Å²) in [6.07, 6.45) is 3.38. The third-order valence-corrected chi connectivity index (χ3v) is 11.2. The monoisotopic (exact) mass is 660 g/mol. The van der Waals surface area contributed by atoms with Gasteiger partial charge in [0, 0.05) is 38.9 Å². The molecule has 0 aliphatic heterocycles. The topological polar surface area (TPSA) is 6.48 Å². The molecular weight excluding hydrogens is 617 g/mol. The maximum absolute atomic E-state index is 2.59. The summed E-state index contributed by atoms with van der Waals surface area (Å²) in [5, 5.41) is 8.24. The minimum Gasteiger partial charge on any atom is -0.310 e. The van der Waals surface area contributed by atoms with Crippen LogP contribution in [0.15, 0.2) is 152 Å². The predicted octanol–water partition coefficient (Wildman–Crippen LogP) is 14.3. The quantitative estimate of drug-likeness (QED) is 0.157. The number of hydrogen-bond acceptors (Lipinski definition) is 2. The average Bonchev–Trinajstić information content (AvgIpc) is 3.29. The zero-order chi connectivity index (χ0) is 34.7. The lowest BCUT2D eigenvalue weighted by molar-refractivity contribution is 0.472. The van der Waals surface area contributed by atoms with Gasteiger partial charge in [0.2, 0.25) is 0 Å². The van der Waals surface area contributed by atoms with Crippen molar-refractivity contribution in [2.75, 3.05) is 9.80 Å². The van der Waals surface area contributed by atoms with Crippen molar-refractivity contribution in [1.29, 1.82) is 0 Å². The number of benzene rings is 8. The molecule has 0 N–H and O–H groups in total. The van der Waals surface area contributed by atoms with Crippen molar-refractivity contribution in [3.63, 3.8) is 0 Å². The predicted molar refractivity (Wildman–Crippen MR) is 220 cm³/mol. The minimum absolute atomic E-state index is 0.0242. The van der Waals surface area contributed by atoms with E-state index < -0.39 is 0 Å². The first kappa shape index (κ1) is 31.4.